The molecular formula is C22H28N2O2S. The molecule has 2 amide bonds. The molecule has 1 atom stereocenters. The lowest BCUT2D eigenvalue weighted by Crippen LogP contribution is -2.55. The fourth-order valence-corrected chi connectivity index (χ4v) is 4.72. The predicted molar refractivity (Wildman–Crippen MR) is 111 cm³/mol. The molecule has 5 heteroatoms. The highest BCUT2D eigenvalue weighted by Gasteiger charge is 2.43. The largest absolute Gasteiger partial charge is 0.353 e. The highest BCUT2D eigenvalue weighted by atomic mass is 32.1. The minimum absolute atomic E-state index is 0.0444. The second-order valence-corrected chi connectivity index (χ2v) is 8.71. The Morgan fingerprint density at radius 3 is 2.67 bits per heavy atom. The summed E-state index contributed by atoms with van der Waals surface area (Å²) in [5, 5.41) is 5.19. The van der Waals surface area contributed by atoms with Crippen LogP contribution in [-0.4, -0.2) is 35.8 Å². The molecule has 1 aromatic heterocycles. The maximum absolute atomic E-state index is 13.3. The molecule has 0 bridgehead atoms. The van der Waals surface area contributed by atoms with E-state index in [0.29, 0.717) is 13.0 Å². The van der Waals surface area contributed by atoms with Crippen molar-refractivity contribution in [1.82, 2.24) is 10.2 Å². The first-order valence-electron chi connectivity index (χ1n) is 9.59. The Morgan fingerprint density at radius 2 is 2.00 bits per heavy atom. The average Bonchev–Trinajstić information content (AvgIpc) is 3.16. The van der Waals surface area contributed by atoms with Crippen LogP contribution in [0.4, 0.5) is 0 Å². The molecule has 2 heterocycles. The molecule has 0 radical (unpaired) electrons. The van der Waals surface area contributed by atoms with Gasteiger partial charge >= 0.3 is 0 Å². The SMILES string of the molecule is CC(=O)N1CCCC(Cc2ccccc2-c2cccs2)(C(=O)NC(C)C)C1. The summed E-state index contributed by atoms with van der Waals surface area (Å²) in [6.45, 7) is 6.78. The van der Waals surface area contributed by atoms with E-state index in [1.165, 1.54) is 16.0 Å². The smallest absolute Gasteiger partial charge is 0.228 e. The van der Waals surface area contributed by atoms with Gasteiger partial charge in [0.05, 0.1) is 5.41 Å². The van der Waals surface area contributed by atoms with Gasteiger partial charge in [-0.05, 0) is 55.7 Å². The third-order valence-electron chi connectivity index (χ3n) is 5.26. The van der Waals surface area contributed by atoms with E-state index in [0.717, 1.165) is 19.4 Å². The minimum Gasteiger partial charge on any atom is -0.353 e. The minimum atomic E-state index is -0.582. The van der Waals surface area contributed by atoms with Crippen molar-refractivity contribution < 1.29 is 9.59 Å². The third kappa shape index (κ3) is 4.41. The Labute approximate surface area is 165 Å². The van der Waals surface area contributed by atoms with E-state index in [1.807, 2.05) is 30.9 Å². The second kappa shape index (κ2) is 8.26. The normalized spacial score (nSPS) is 19.9. The molecule has 144 valence electrons. The van der Waals surface area contributed by atoms with E-state index in [-0.39, 0.29) is 17.9 Å². The van der Waals surface area contributed by atoms with Crippen LogP contribution >= 0.6 is 11.3 Å². The highest BCUT2D eigenvalue weighted by Crippen LogP contribution is 2.38. The maximum atomic E-state index is 13.3. The van der Waals surface area contributed by atoms with Gasteiger partial charge in [-0.25, -0.2) is 0 Å². The number of rotatable bonds is 5. The Morgan fingerprint density at radius 1 is 1.22 bits per heavy atom. The standard InChI is InChI=1S/C22H28N2O2S/c1-16(2)23-21(26)22(11-7-12-24(15-22)17(3)25)14-18-8-4-5-9-19(18)20-10-6-13-27-20/h4-6,8-10,13,16H,7,11-12,14-15H2,1-3H3,(H,23,26). The van der Waals surface area contributed by atoms with Crippen LogP contribution in [0.3, 0.4) is 0 Å². The van der Waals surface area contributed by atoms with Crippen molar-refractivity contribution in [3.8, 4) is 10.4 Å². The first-order valence-corrected chi connectivity index (χ1v) is 10.5. The van der Waals surface area contributed by atoms with Crippen LogP contribution in [0, 0.1) is 5.41 Å². The summed E-state index contributed by atoms with van der Waals surface area (Å²) >= 11 is 1.71. The Hall–Kier alpha value is -2.14. The Bertz CT molecular complexity index is 800. The average molecular weight is 385 g/mol. The zero-order valence-electron chi connectivity index (χ0n) is 16.3. The monoisotopic (exact) mass is 384 g/mol. The summed E-state index contributed by atoms with van der Waals surface area (Å²) in [4.78, 5) is 28.3. The molecule has 1 unspecified atom stereocenters. The lowest BCUT2D eigenvalue weighted by molar-refractivity contribution is -0.140. The lowest BCUT2D eigenvalue weighted by Gasteiger charge is -2.42. The van der Waals surface area contributed by atoms with Crippen molar-refractivity contribution in [1.29, 1.82) is 0 Å². The van der Waals surface area contributed by atoms with Gasteiger partial charge in [-0.1, -0.05) is 30.3 Å². The third-order valence-corrected chi connectivity index (χ3v) is 6.16. The number of carbonyl (C=O) groups is 2. The number of likely N-dealkylation sites (tertiary alicyclic amines) is 1. The second-order valence-electron chi connectivity index (χ2n) is 7.76. The summed E-state index contributed by atoms with van der Waals surface area (Å²) in [5.41, 5.74) is 1.77. The Balaban J connectivity index is 1.98. The van der Waals surface area contributed by atoms with Crippen LogP contribution in [0.5, 0.6) is 0 Å². The van der Waals surface area contributed by atoms with Crippen LogP contribution in [0.1, 0.15) is 39.2 Å². The number of thiophene rings is 1. The van der Waals surface area contributed by atoms with E-state index in [1.54, 1.807) is 18.3 Å². The van der Waals surface area contributed by atoms with Gasteiger partial charge in [0.2, 0.25) is 11.8 Å². The van der Waals surface area contributed by atoms with Crippen LogP contribution in [0.15, 0.2) is 41.8 Å². The van der Waals surface area contributed by atoms with E-state index < -0.39 is 5.41 Å². The summed E-state index contributed by atoms with van der Waals surface area (Å²) in [5.74, 6) is 0.104. The summed E-state index contributed by atoms with van der Waals surface area (Å²) in [6, 6.07) is 12.6. The topological polar surface area (TPSA) is 49.4 Å². The fraction of sp³-hybridized carbons (Fsp3) is 0.455. The number of piperidine rings is 1. The van der Waals surface area contributed by atoms with Gasteiger partial charge in [-0.15, -0.1) is 11.3 Å². The van der Waals surface area contributed by atoms with Crippen LogP contribution in [0.25, 0.3) is 10.4 Å². The number of hydrogen-bond acceptors (Lipinski definition) is 3. The van der Waals surface area contributed by atoms with Gasteiger partial charge in [0, 0.05) is 30.9 Å². The van der Waals surface area contributed by atoms with Crippen molar-refractivity contribution in [3.05, 3.63) is 47.3 Å². The molecule has 1 aromatic carbocycles. The van der Waals surface area contributed by atoms with Crippen molar-refractivity contribution in [3.63, 3.8) is 0 Å². The van der Waals surface area contributed by atoms with Crippen molar-refractivity contribution in [2.45, 2.75) is 46.1 Å². The number of hydrogen-bond donors (Lipinski definition) is 1. The van der Waals surface area contributed by atoms with Gasteiger partial charge in [0.1, 0.15) is 0 Å². The van der Waals surface area contributed by atoms with Gasteiger partial charge in [0.25, 0.3) is 0 Å². The molecule has 0 saturated carbocycles. The number of amides is 2. The van der Waals surface area contributed by atoms with Gasteiger partial charge < -0.3 is 10.2 Å². The first kappa shape index (κ1) is 19.6. The number of carbonyl (C=O) groups excluding carboxylic acids is 2. The number of nitrogens with one attached hydrogen (secondary N) is 1. The highest BCUT2D eigenvalue weighted by molar-refractivity contribution is 7.13. The van der Waals surface area contributed by atoms with Crippen LogP contribution < -0.4 is 5.32 Å². The lowest BCUT2D eigenvalue weighted by atomic mass is 9.73. The zero-order chi connectivity index (χ0) is 19.4. The van der Waals surface area contributed by atoms with Gasteiger partial charge in [0.15, 0.2) is 0 Å². The van der Waals surface area contributed by atoms with Crippen molar-refractivity contribution in [2.75, 3.05) is 13.1 Å². The number of benzene rings is 1. The maximum Gasteiger partial charge on any atom is 0.228 e. The van der Waals surface area contributed by atoms with Crippen LogP contribution in [-0.2, 0) is 16.0 Å². The fourth-order valence-electron chi connectivity index (χ4n) is 3.94. The van der Waals surface area contributed by atoms with E-state index >= 15 is 0 Å². The molecule has 1 saturated heterocycles. The van der Waals surface area contributed by atoms with E-state index in [9.17, 15) is 9.59 Å². The van der Waals surface area contributed by atoms with Crippen molar-refractivity contribution in [2.24, 2.45) is 5.41 Å². The van der Waals surface area contributed by atoms with Crippen molar-refractivity contribution >= 4 is 23.2 Å². The molecule has 2 aromatic rings. The predicted octanol–water partition coefficient (Wildman–Crippen LogP) is 4.11. The summed E-state index contributed by atoms with van der Waals surface area (Å²) < 4.78 is 0. The van der Waals surface area contributed by atoms with Gasteiger partial charge in [-0.3, -0.25) is 9.59 Å². The molecule has 0 aliphatic carbocycles. The molecule has 27 heavy (non-hydrogen) atoms. The zero-order valence-corrected chi connectivity index (χ0v) is 17.1. The molecule has 1 fully saturated rings. The molecular weight excluding hydrogens is 356 g/mol. The summed E-state index contributed by atoms with van der Waals surface area (Å²) in [7, 11) is 0. The van der Waals surface area contributed by atoms with E-state index in [2.05, 4.69) is 35.0 Å². The number of nitrogens with zero attached hydrogens (tertiary/aromatic N) is 1. The molecule has 1 N–H and O–H groups in total. The molecule has 1 aliphatic rings. The molecule has 3 rings (SSSR count). The quantitative estimate of drug-likeness (QED) is 0.843. The molecule has 4 nitrogen and oxygen atoms in total. The van der Waals surface area contributed by atoms with Gasteiger partial charge in [-0.2, -0.15) is 0 Å². The molecule has 1 aliphatic heterocycles. The van der Waals surface area contributed by atoms with Crippen LogP contribution in [0.2, 0.25) is 0 Å². The Kier molecular flexibility index (Phi) is 6.00. The summed E-state index contributed by atoms with van der Waals surface area (Å²) in [6.07, 6.45) is 2.30. The first-order chi connectivity index (χ1) is 12.9. The van der Waals surface area contributed by atoms with E-state index in [4.69, 9.17) is 0 Å². The molecule has 0 spiro atoms.